The van der Waals surface area contributed by atoms with E-state index in [0.29, 0.717) is 17.9 Å². The van der Waals surface area contributed by atoms with Gasteiger partial charge in [0.15, 0.2) is 0 Å². The van der Waals surface area contributed by atoms with Crippen molar-refractivity contribution < 1.29 is 30.7 Å². The summed E-state index contributed by atoms with van der Waals surface area (Å²) in [5.74, 6) is 0.999. The van der Waals surface area contributed by atoms with Gasteiger partial charge in [-0.15, -0.1) is 11.9 Å². The summed E-state index contributed by atoms with van der Waals surface area (Å²) in [6.45, 7) is 15.1. The molecule has 4 nitrogen and oxygen atoms in total. The molecule has 0 bridgehead atoms. The van der Waals surface area contributed by atoms with Gasteiger partial charge in [0.05, 0.1) is 12.1 Å². The molecule has 0 aromatic rings. The van der Waals surface area contributed by atoms with Crippen molar-refractivity contribution in [3.05, 3.63) is 20.3 Å². The molecule has 0 saturated heterocycles. The van der Waals surface area contributed by atoms with Gasteiger partial charge in [-0.05, 0) is 19.1 Å². The molecule has 9 heteroatoms. The number of thiol groups is 2. The number of rotatable bonds is 12. The summed E-state index contributed by atoms with van der Waals surface area (Å²) in [6, 6.07) is -0.562. The second-order valence-corrected chi connectivity index (χ2v) is 7.99. The number of carbonyl (C=O) groups is 2. The van der Waals surface area contributed by atoms with Gasteiger partial charge in [-0.1, -0.05) is 17.2 Å². The predicted molar refractivity (Wildman–Crippen MR) is 117 cm³/mol. The first-order valence-electron chi connectivity index (χ1n) is 7.70. The van der Waals surface area contributed by atoms with Crippen LogP contribution < -0.4 is 9.44 Å². The molecule has 0 aromatic heterocycles. The minimum Gasteiger partial charge on any atom is -0.342 e. The Balaban J connectivity index is -0.00000112. The van der Waals surface area contributed by atoms with Crippen LogP contribution in [0.5, 0.6) is 0 Å². The summed E-state index contributed by atoms with van der Waals surface area (Å²) in [5, 5.41) is 0.0889. The maximum absolute atomic E-state index is 11.4. The topological polar surface area (TPSA) is 58.2 Å². The standard InChI is InChI=1S/C13H24N2O2S4.C3H7.W/c1-5-13(21-15-12(7-19)9(3)17)10(4)20-14-11(6-18)8(2)16;1-3-2;/h10-15,18-19H,1,4-7H2,2-3H3;3H,1-2H3;/q-2;-1;/t10?,11-,12-,13?;;/m0../s1. The average Bonchev–Trinajstić information content (AvgIpc) is 2.52. The zero-order valence-electron chi connectivity index (χ0n) is 15.4. The van der Waals surface area contributed by atoms with Crippen LogP contribution in [0.3, 0.4) is 0 Å². The van der Waals surface area contributed by atoms with Crippen molar-refractivity contribution in [1.82, 2.24) is 9.44 Å². The second kappa shape index (κ2) is 20.1. The largest absolute Gasteiger partial charge is 0.342 e. The van der Waals surface area contributed by atoms with Gasteiger partial charge in [0, 0.05) is 32.6 Å². The van der Waals surface area contributed by atoms with Crippen molar-refractivity contribution in [2.45, 2.75) is 56.7 Å². The van der Waals surface area contributed by atoms with E-state index in [9.17, 15) is 9.59 Å². The monoisotopic (exact) mass is 595 g/mol. The Kier molecular flexibility index (Phi) is 25.0. The second-order valence-electron chi connectivity index (χ2n) is 5.11. The molecule has 0 heterocycles. The van der Waals surface area contributed by atoms with Crippen molar-refractivity contribution in [2.75, 3.05) is 11.5 Å². The van der Waals surface area contributed by atoms with E-state index in [2.05, 4.69) is 48.5 Å². The molecule has 0 spiro atoms. The third kappa shape index (κ3) is 16.0. The van der Waals surface area contributed by atoms with Crippen molar-refractivity contribution in [3.8, 4) is 0 Å². The number of Topliss-reactive ketones (excluding diaryl/α,β-unsaturated/α-hetero) is 2. The summed E-state index contributed by atoms with van der Waals surface area (Å²) >= 11 is 11.1. The molecule has 0 rings (SSSR count). The molecule has 2 N–H and O–H groups in total. The number of hydrogen-bond donors (Lipinski definition) is 4. The molecular weight excluding hydrogens is 564 g/mol. The summed E-state index contributed by atoms with van der Waals surface area (Å²) in [6.07, 6.45) is 2.66. The molecule has 0 amide bonds. The Labute approximate surface area is 188 Å². The molecule has 150 valence electrons. The third-order valence-electron chi connectivity index (χ3n) is 2.77. The predicted octanol–water partition coefficient (Wildman–Crippen LogP) is 3.26. The molecule has 0 radical (unpaired) electrons. The molecule has 0 aliphatic carbocycles. The molecule has 0 aliphatic heterocycles. The van der Waals surface area contributed by atoms with Gasteiger partial charge in [0.25, 0.3) is 0 Å². The van der Waals surface area contributed by atoms with Crippen molar-refractivity contribution in [3.63, 3.8) is 0 Å². The Bertz CT molecular complexity index is 352. The first-order valence-corrected chi connectivity index (χ1v) is 10.7. The minimum atomic E-state index is -0.284. The fraction of sp³-hybridized carbons (Fsp3) is 0.688. The van der Waals surface area contributed by atoms with E-state index in [1.54, 1.807) is 0 Å². The van der Waals surface area contributed by atoms with Gasteiger partial charge in [-0.3, -0.25) is 19.0 Å². The maximum atomic E-state index is 11.4. The van der Waals surface area contributed by atoms with Crippen LogP contribution in [-0.2, 0) is 30.7 Å². The van der Waals surface area contributed by atoms with Gasteiger partial charge in [-0.25, -0.2) is 0 Å². The van der Waals surface area contributed by atoms with Crippen molar-refractivity contribution in [1.29, 1.82) is 0 Å². The number of hydrogen-bond acceptors (Lipinski definition) is 8. The zero-order chi connectivity index (χ0) is 19.1. The molecule has 2 unspecified atom stereocenters. The molecular formula is C16H31N2O2S4W-3. The Morgan fingerprint density at radius 3 is 1.68 bits per heavy atom. The van der Waals surface area contributed by atoms with E-state index in [4.69, 9.17) is 0 Å². The van der Waals surface area contributed by atoms with Gasteiger partial charge in [0.2, 0.25) is 0 Å². The van der Waals surface area contributed by atoms with Crippen LogP contribution in [0.2, 0.25) is 0 Å². The van der Waals surface area contributed by atoms with Gasteiger partial charge in [-0.2, -0.15) is 45.5 Å². The normalized spacial score (nSPS) is 15.0. The van der Waals surface area contributed by atoms with Crippen LogP contribution >= 0.6 is 49.2 Å². The van der Waals surface area contributed by atoms with Crippen LogP contribution in [0, 0.1) is 20.3 Å². The summed E-state index contributed by atoms with van der Waals surface area (Å²) in [4.78, 5) is 22.7. The number of ketones is 2. The van der Waals surface area contributed by atoms with E-state index in [1.807, 2.05) is 20.3 Å². The SMILES string of the molecule is C[CH-]C.[CH2-]CC(SN[C@@H](CS)C(C)=O)C([CH2-])SN[C@@H](CS)C(C)=O.[W]. The molecule has 0 saturated carbocycles. The van der Waals surface area contributed by atoms with Crippen LogP contribution in [0.1, 0.15) is 34.1 Å². The number of nitrogens with one attached hydrogen (secondary N) is 2. The minimum absolute atomic E-state index is 0. The van der Waals surface area contributed by atoms with Crippen LogP contribution in [0.4, 0.5) is 0 Å². The van der Waals surface area contributed by atoms with E-state index in [-0.39, 0.29) is 55.2 Å². The van der Waals surface area contributed by atoms with Crippen molar-refractivity contribution in [2.24, 2.45) is 0 Å². The van der Waals surface area contributed by atoms with Crippen LogP contribution in [0.15, 0.2) is 0 Å². The van der Waals surface area contributed by atoms with E-state index in [1.165, 1.54) is 37.7 Å². The summed E-state index contributed by atoms with van der Waals surface area (Å²) in [7, 11) is 0. The zero-order valence-corrected chi connectivity index (χ0v) is 21.7. The quantitative estimate of drug-likeness (QED) is 0.158. The van der Waals surface area contributed by atoms with Crippen molar-refractivity contribution >= 4 is 60.7 Å². The fourth-order valence-electron chi connectivity index (χ4n) is 1.23. The smallest absolute Gasteiger partial charge is 0.148 e. The van der Waals surface area contributed by atoms with Gasteiger partial charge in [0.1, 0.15) is 11.6 Å². The Morgan fingerprint density at radius 2 is 1.40 bits per heavy atom. The summed E-state index contributed by atoms with van der Waals surface area (Å²) in [5.41, 5.74) is 0. The summed E-state index contributed by atoms with van der Waals surface area (Å²) < 4.78 is 6.20. The number of carbonyl (C=O) groups excluding carboxylic acids is 2. The molecule has 0 aliphatic rings. The first kappa shape index (κ1) is 31.1. The van der Waals surface area contributed by atoms with E-state index < -0.39 is 0 Å². The Hall–Kier alpha value is 1.35. The average molecular weight is 596 g/mol. The molecule has 25 heavy (non-hydrogen) atoms. The first-order chi connectivity index (χ1) is 11.3. The van der Waals surface area contributed by atoms with Gasteiger partial charge < -0.3 is 20.3 Å². The third-order valence-corrected chi connectivity index (χ3v) is 6.01. The Morgan fingerprint density at radius 1 is 1.04 bits per heavy atom. The van der Waals surface area contributed by atoms with E-state index >= 15 is 0 Å². The fourth-order valence-corrected chi connectivity index (χ4v) is 4.24. The maximum Gasteiger partial charge on any atom is 0.148 e. The van der Waals surface area contributed by atoms with Crippen LogP contribution in [0.25, 0.3) is 0 Å². The molecule has 4 atom stereocenters. The van der Waals surface area contributed by atoms with Crippen LogP contribution in [-0.4, -0.2) is 45.7 Å². The molecule has 0 fully saturated rings. The van der Waals surface area contributed by atoms with E-state index in [0.717, 1.165) is 0 Å². The molecule has 0 aromatic carbocycles. The van der Waals surface area contributed by atoms with Gasteiger partial charge >= 0.3 is 0 Å².